The Morgan fingerprint density at radius 3 is 1.34 bits per heavy atom. The molecule has 3 aromatic carbocycles. The number of nitrogens with zero attached hydrogens (tertiary/aromatic N) is 2. The van der Waals surface area contributed by atoms with Gasteiger partial charge < -0.3 is 35.8 Å². The van der Waals surface area contributed by atoms with Crippen molar-refractivity contribution in [3.05, 3.63) is 73.1 Å². The van der Waals surface area contributed by atoms with Gasteiger partial charge in [-0.1, -0.05) is 36.4 Å². The molecule has 7 rings (SSSR count). The fourth-order valence-electron chi connectivity index (χ4n) is 4.62. The summed E-state index contributed by atoms with van der Waals surface area (Å²) in [6.45, 7) is 0. The molecule has 0 aliphatic heterocycles. The molecule has 0 fully saturated rings. The van der Waals surface area contributed by atoms with Crippen LogP contribution in [0.4, 0.5) is 0 Å². The number of hydrogen-bond acceptors (Lipinski definition) is 2. The standard InChI is InChI=1S/C24H12N4.2ClH.2H2O/c1-3-7-17-13(5-1)15-9-11-25-21-19(15)23(27-17)22-20-16(10-12-26-22)14-6-2-4-8-18(14)28-24(20)21;;;;/h1-12H;2*1H;2*1H2. The third-order valence-electron chi connectivity index (χ3n) is 5.79. The fourth-order valence-corrected chi connectivity index (χ4v) is 4.62. The van der Waals surface area contributed by atoms with Crippen LogP contribution < -0.4 is 34.8 Å². The first-order valence-electron chi connectivity index (χ1n) is 9.37. The first kappa shape index (κ1) is 23.2. The zero-order valence-corrected chi connectivity index (χ0v) is 18.1. The van der Waals surface area contributed by atoms with Crippen LogP contribution in [-0.2, 0) is 0 Å². The SMILES string of the molecule is O.O.[Cl-].[Cl-].c1ccc2c(c1)nc1c3[nH+]ccc4c5ccccc5nc(c5[nH+]ccc2c15)c43. The van der Waals surface area contributed by atoms with Gasteiger partial charge in [-0.25, -0.2) is 19.9 Å². The zero-order valence-electron chi connectivity index (χ0n) is 16.6. The Morgan fingerprint density at radius 2 is 0.906 bits per heavy atom. The minimum atomic E-state index is 0. The highest BCUT2D eigenvalue weighted by molar-refractivity contribution is 6.32. The fraction of sp³-hybridized carbons (Fsp3) is 0. The Balaban J connectivity index is 0.000000722. The Kier molecular flexibility index (Phi) is 6.00. The molecule has 7 aromatic rings. The van der Waals surface area contributed by atoms with Gasteiger partial charge in [-0.05, 0) is 12.1 Å². The van der Waals surface area contributed by atoms with Crippen LogP contribution in [0, 0.1) is 0 Å². The van der Waals surface area contributed by atoms with Gasteiger partial charge in [0.2, 0.25) is 11.0 Å². The lowest BCUT2D eigenvalue weighted by Crippen LogP contribution is -3.00. The number of halogens is 2. The second-order valence-corrected chi connectivity index (χ2v) is 7.24. The van der Waals surface area contributed by atoms with Crippen molar-refractivity contribution in [1.29, 1.82) is 0 Å². The smallest absolute Gasteiger partial charge is 0.240 e. The lowest BCUT2D eigenvalue weighted by molar-refractivity contribution is -0.345. The molecule has 0 unspecified atom stereocenters. The highest BCUT2D eigenvalue weighted by Gasteiger charge is 2.25. The number of pyridine rings is 4. The quantitative estimate of drug-likeness (QED) is 0.174. The van der Waals surface area contributed by atoms with Crippen LogP contribution in [0.1, 0.15) is 0 Å². The maximum atomic E-state index is 5.06. The number of aromatic nitrogens is 4. The van der Waals surface area contributed by atoms with Crippen LogP contribution in [0.25, 0.3) is 65.4 Å². The Labute approximate surface area is 194 Å². The average Bonchev–Trinajstić information content (AvgIpc) is 2.77. The molecule has 6 nitrogen and oxygen atoms in total. The predicted molar refractivity (Wildman–Crippen MR) is 119 cm³/mol. The molecule has 0 amide bonds. The van der Waals surface area contributed by atoms with E-state index >= 15 is 0 Å². The average molecular weight is 465 g/mol. The van der Waals surface area contributed by atoms with Gasteiger partial charge in [-0.15, -0.1) is 0 Å². The summed E-state index contributed by atoms with van der Waals surface area (Å²) in [4.78, 5) is 17.1. The maximum Gasteiger partial charge on any atom is 0.240 e. The molecule has 0 atom stereocenters. The van der Waals surface area contributed by atoms with Gasteiger partial charge in [0.15, 0.2) is 23.4 Å². The van der Waals surface area contributed by atoms with E-state index in [0.29, 0.717) is 0 Å². The summed E-state index contributed by atoms with van der Waals surface area (Å²) in [6.07, 6.45) is 4.02. The summed E-state index contributed by atoms with van der Waals surface area (Å²) in [7, 11) is 0. The number of hydrogen-bond donors (Lipinski definition) is 0. The lowest BCUT2D eigenvalue weighted by Gasteiger charge is -2.10. The van der Waals surface area contributed by atoms with Gasteiger partial charge >= 0.3 is 0 Å². The van der Waals surface area contributed by atoms with E-state index in [-0.39, 0.29) is 35.8 Å². The van der Waals surface area contributed by atoms with Gasteiger partial charge in [0.1, 0.15) is 0 Å². The molecule has 8 heteroatoms. The molecule has 4 heterocycles. The molecule has 4 aromatic heterocycles. The first-order valence-corrected chi connectivity index (χ1v) is 9.37. The van der Waals surface area contributed by atoms with E-state index in [0.717, 1.165) is 54.6 Å². The topological polar surface area (TPSA) is 117 Å². The highest BCUT2D eigenvalue weighted by atomic mass is 35.5. The second-order valence-electron chi connectivity index (χ2n) is 7.24. The van der Waals surface area contributed by atoms with Crippen LogP contribution in [0.15, 0.2) is 73.1 Å². The minimum absolute atomic E-state index is 0. The lowest BCUT2D eigenvalue weighted by atomic mass is 9.97. The number of aromatic amines is 2. The van der Waals surface area contributed by atoms with Crippen molar-refractivity contribution in [1.82, 2.24) is 9.97 Å². The van der Waals surface area contributed by atoms with Gasteiger partial charge in [-0.2, -0.15) is 0 Å². The van der Waals surface area contributed by atoms with Crippen molar-refractivity contribution in [2.45, 2.75) is 0 Å². The van der Waals surface area contributed by atoms with Gasteiger partial charge in [0, 0.05) is 33.7 Å². The number of nitrogens with one attached hydrogen (secondary N) is 2. The molecule has 6 N–H and O–H groups in total. The summed E-state index contributed by atoms with van der Waals surface area (Å²) in [6, 6.07) is 20.9. The van der Waals surface area contributed by atoms with Crippen LogP contribution >= 0.6 is 0 Å². The van der Waals surface area contributed by atoms with E-state index in [1.165, 1.54) is 10.8 Å². The summed E-state index contributed by atoms with van der Waals surface area (Å²) in [5, 5.41) is 6.96. The Bertz CT molecular complexity index is 1610. The van der Waals surface area contributed by atoms with E-state index in [1.54, 1.807) is 0 Å². The number of benzene rings is 3. The summed E-state index contributed by atoms with van der Waals surface area (Å²) < 4.78 is 0. The highest BCUT2D eigenvalue weighted by Crippen LogP contribution is 2.38. The van der Waals surface area contributed by atoms with Crippen LogP contribution in [0.5, 0.6) is 0 Å². The molecule has 0 saturated heterocycles. The third-order valence-corrected chi connectivity index (χ3v) is 5.79. The van der Waals surface area contributed by atoms with Gasteiger partial charge in [0.25, 0.3) is 0 Å². The molecule has 0 aliphatic rings. The van der Waals surface area contributed by atoms with Crippen molar-refractivity contribution < 1.29 is 45.7 Å². The normalized spacial score (nSPS) is 10.8. The van der Waals surface area contributed by atoms with Crippen molar-refractivity contribution in [3.8, 4) is 0 Å². The molecule has 0 saturated carbocycles. The van der Waals surface area contributed by atoms with Crippen molar-refractivity contribution in [2.24, 2.45) is 0 Å². The number of fused-ring (bicyclic) bond motifs is 6. The van der Waals surface area contributed by atoms with Crippen molar-refractivity contribution in [3.63, 3.8) is 0 Å². The molecule has 32 heavy (non-hydrogen) atoms. The van der Waals surface area contributed by atoms with E-state index in [9.17, 15) is 0 Å². The van der Waals surface area contributed by atoms with Crippen LogP contribution in [0.3, 0.4) is 0 Å². The Hall–Kier alpha value is -3.42. The summed E-state index contributed by atoms with van der Waals surface area (Å²) >= 11 is 0. The van der Waals surface area contributed by atoms with Crippen LogP contribution in [0.2, 0.25) is 0 Å². The van der Waals surface area contributed by atoms with Crippen molar-refractivity contribution in [2.75, 3.05) is 0 Å². The molecule has 0 spiro atoms. The Morgan fingerprint density at radius 1 is 0.500 bits per heavy atom. The predicted octanol–water partition coefficient (Wildman–Crippen LogP) is -3.18. The molecule has 0 bridgehead atoms. The molecular weight excluding hydrogens is 447 g/mol. The van der Waals surface area contributed by atoms with Gasteiger partial charge in [-0.3, -0.25) is 0 Å². The van der Waals surface area contributed by atoms with Crippen molar-refractivity contribution >= 4 is 65.4 Å². The maximum absolute atomic E-state index is 5.06. The van der Waals surface area contributed by atoms with E-state index in [2.05, 4.69) is 58.5 Å². The third kappa shape index (κ3) is 2.82. The summed E-state index contributed by atoms with van der Waals surface area (Å²) in [5.41, 5.74) is 6.04. The minimum Gasteiger partial charge on any atom is -1.00 e. The second kappa shape index (κ2) is 8.26. The largest absolute Gasteiger partial charge is 1.00 e. The van der Waals surface area contributed by atoms with E-state index in [1.807, 2.05) is 24.5 Å². The molecule has 160 valence electrons. The van der Waals surface area contributed by atoms with E-state index in [4.69, 9.17) is 9.97 Å². The zero-order chi connectivity index (χ0) is 18.2. The monoisotopic (exact) mass is 464 g/mol. The number of rotatable bonds is 0. The molecule has 0 aliphatic carbocycles. The molecule has 0 radical (unpaired) electrons. The van der Waals surface area contributed by atoms with Crippen LogP contribution in [-0.4, -0.2) is 20.9 Å². The first-order chi connectivity index (χ1) is 13.9. The molecular formula is C24H18Cl2N4O2. The number of H-pyrrole nitrogens is 2. The van der Waals surface area contributed by atoms with Gasteiger partial charge in [0.05, 0.1) is 21.8 Å². The number of para-hydroxylation sites is 2. The van der Waals surface area contributed by atoms with E-state index < -0.39 is 0 Å². The summed E-state index contributed by atoms with van der Waals surface area (Å²) in [5.74, 6) is 0.